The average molecular weight is 556 g/mol. The maximum absolute atomic E-state index is 13.2. The number of hydrogen-bond donors (Lipinski definition) is 2. The van der Waals surface area contributed by atoms with Crippen LogP contribution in [0.5, 0.6) is 5.75 Å². The number of halogens is 3. The van der Waals surface area contributed by atoms with Gasteiger partial charge in [-0.05, 0) is 86.6 Å². The lowest BCUT2D eigenvalue weighted by Gasteiger charge is -2.19. The molecule has 7 nitrogen and oxygen atoms in total. The number of carbonyl (C=O) groups excluding carboxylic acids is 3. The van der Waals surface area contributed by atoms with Crippen molar-refractivity contribution in [3.63, 3.8) is 0 Å². The minimum atomic E-state index is -4.49. The zero-order valence-corrected chi connectivity index (χ0v) is 21.9. The Morgan fingerprint density at radius 1 is 0.872 bits per heavy atom. The van der Waals surface area contributed by atoms with Crippen molar-refractivity contribution < 1.29 is 32.3 Å². The van der Waals surface area contributed by atoms with E-state index < -0.39 is 29.5 Å². The smallest absolute Gasteiger partial charge is 0.416 e. The van der Waals surface area contributed by atoms with E-state index in [4.69, 9.17) is 4.74 Å². The van der Waals surface area contributed by atoms with Crippen molar-refractivity contribution in [2.24, 2.45) is 0 Å². The fraction of sp³-hybridized carbons (Fsp3) is 0.179. The summed E-state index contributed by atoms with van der Waals surface area (Å²) in [4.78, 5) is 40.8. The van der Waals surface area contributed by atoms with Crippen LogP contribution >= 0.6 is 11.8 Å². The molecule has 3 aromatic carbocycles. The number of imide groups is 1. The van der Waals surface area contributed by atoms with E-state index in [9.17, 15) is 27.6 Å². The minimum Gasteiger partial charge on any atom is -0.497 e. The summed E-state index contributed by atoms with van der Waals surface area (Å²) in [6, 6.07) is 17.0. The van der Waals surface area contributed by atoms with E-state index in [0.29, 0.717) is 22.0 Å². The predicted octanol–water partition coefficient (Wildman–Crippen LogP) is 6.16. The summed E-state index contributed by atoms with van der Waals surface area (Å²) in [6.45, 7) is 3.51. The zero-order valence-electron chi connectivity index (χ0n) is 21.1. The molecule has 2 N–H and O–H groups in total. The molecule has 0 unspecified atom stereocenters. The number of nitrogens with zero attached hydrogens (tertiary/aromatic N) is 1. The van der Waals surface area contributed by atoms with E-state index >= 15 is 0 Å². The Hall–Kier alpha value is -4.25. The second kappa shape index (κ2) is 11.2. The summed E-state index contributed by atoms with van der Waals surface area (Å²) in [5.74, 6) is -0.779. The molecule has 3 aromatic rings. The molecule has 1 aliphatic heterocycles. The molecule has 0 spiro atoms. The number of amides is 3. The van der Waals surface area contributed by atoms with Gasteiger partial charge >= 0.3 is 6.18 Å². The number of anilines is 2. The Morgan fingerprint density at radius 3 is 2.00 bits per heavy atom. The van der Waals surface area contributed by atoms with E-state index in [-0.39, 0.29) is 22.2 Å². The van der Waals surface area contributed by atoms with Crippen LogP contribution in [0, 0.1) is 0 Å². The molecule has 39 heavy (non-hydrogen) atoms. The largest absolute Gasteiger partial charge is 0.497 e. The van der Waals surface area contributed by atoms with Gasteiger partial charge in [0.25, 0.3) is 17.7 Å². The van der Waals surface area contributed by atoms with E-state index in [1.165, 1.54) is 4.90 Å². The van der Waals surface area contributed by atoms with Gasteiger partial charge in [0, 0.05) is 27.9 Å². The monoisotopic (exact) mass is 555 g/mol. The van der Waals surface area contributed by atoms with Crippen molar-refractivity contribution in [1.29, 1.82) is 0 Å². The highest BCUT2D eigenvalue weighted by atomic mass is 32.2. The Kier molecular flexibility index (Phi) is 8.01. The first kappa shape index (κ1) is 27.8. The summed E-state index contributed by atoms with van der Waals surface area (Å²) in [6.07, 6.45) is -4.49. The number of thioether (sulfide) groups is 1. The molecule has 0 atom stereocenters. The SMILES string of the molecule is COc1ccc(NC2=C(Sc3ccc(NC(=O)c4ccc(C(F)(F)F)cc4)cc3)C(=O)N(C(C)C)C2=O)cc1. The van der Waals surface area contributed by atoms with Crippen molar-refractivity contribution in [3.05, 3.63) is 94.5 Å². The molecular weight excluding hydrogens is 531 g/mol. The average Bonchev–Trinajstić information content (AvgIpc) is 3.13. The summed E-state index contributed by atoms with van der Waals surface area (Å²) in [5.41, 5.74) is 0.407. The van der Waals surface area contributed by atoms with E-state index in [2.05, 4.69) is 10.6 Å². The predicted molar refractivity (Wildman–Crippen MR) is 142 cm³/mol. The number of ether oxygens (including phenoxy) is 1. The summed E-state index contributed by atoms with van der Waals surface area (Å²) < 4.78 is 43.4. The fourth-order valence-electron chi connectivity index (χ4n) is 3.76. The zero-order chi connectivity index (χ0) is 28.3. The highest BCUT2D eigenvalue weighted by Gasteiger charge is 2.40. The van der Waals surface area contributed by atoms with Gasteiger partial charge in [-0.15, -0.1) is 0 Å². The van der Waals surface area contributed by atoms with Gasteiger partial charge in [0.1, 0.15) is 16.4 Å². The molecule has 1 heterocycles. The molecular formula is C28H24F3N3O4S. The third-order valence-corrected chi connectivity index (χ3v) is 6.85. The van der Waals surface area contributed by atoms with Gasteiger partial charge in [0.15, 0.2) is 0 Å². The standard InChI is InChI=1S/C28H24F3N3O4S/c1-16(2)34-26(36)23(32-19-8-12-21(38-3)13-9-19)24(27(34)37)39-22-14-10-20(11-15-22)33-25(35)17-4-6-18(7-5-17)28(29,30)31/h4-16,32H,1-3H3,(H,33,35). The first-order valence-corrected chi connectivity index (χ1v) is 12.6. The number of nitrogens with one attached hydrogen (secondary N) is 2. The molecule has 0 radical (unpaired) electrons. The molecule has 0 aromatic heterocycles. The number of alkyl halides is 3. The lowest BCUT2D eigenvalue weighted by atomic mass is 10.1. The van der Waals surface area contributed by atoms with Crippen LogP contribution in [0.25, 0.3) is 0 Å². The van der Waals surface area contributed by atoms with Crippen LogP contribution in [0.1, 0.15) is 29.8 Å². The number of methoxy groups -OCH3 is 1. The van der Waals surface area contributed by atoms with Gasteiger partial charge in [0.05, 0.1) is 12.7 Å². The molecule has 11 heteroatoms. The fourth-order valence-corrected chi connectivity index (χ4v) is 4.69. The van der Waals surface area contributed by atoms with Gasteiger partial charge < -0.3 is 15.4 Å². The maximum Gasteiger partial charge on any atom is 0.416 e. The van der Waals surface area contributed by atoms with Crippen LogP contribution in [-0.4, -0.2) is 35.8 Å². The molecule has 0 saturated heterocycles. The molecule has 1 aliphatic rings. The van der Waals surface area contributed by atoms with E-state index in [1.54, 1.807) is 69.5 Å². The Morgan fingerprint density at radius 2 is 1.46 bits per heavy atom. The summed E-state index contributed by atoms with van der Waals surface area (Å²) in [7, 11) is 1.55. The summed E-state index contributed by atoms with van der Waals surface area (Å²) in [5, 5.41) is 5.69. The minimum absolute atomic E-state index is 0.0738. The van der Waals surface area contributed by atoms with Crippen LogP contribution in [-0.2, 0) is 15.8 Å². The first-order valence-electron chi connectivity index (χ1n) is 11.8. The number of benzene rings is 3. The van der Waals surface area contributed by atoms with Crippen molar-refractivity contribution in [1.82, 2.24) is 4.90 Å². The molecule has 4 rings (SSSR count). The molecule has 0 aliphatic carbocycles. The summed E-state index contributed by atoms with van der Waals surface area (Å²) >= 11 is 1.11. The van der Waals surface area contributed by atoms with Crippen molar-refractivity contribution in [2.45, 2.75) is 31.0 Å². The third kappa shape index (κ3) is 6.26. The van der Waals surface area contributed by atoms with Crippen LogP contribution in [0.2, 0.25) is 0 Å². The van der Waals surface area contributed by atoms with Gasteiger partial charge in [-0.3, -0.25) is 19.3 Å². The van der Waals surface area contributed by atoms with Crippen LogP contribution in [0.3, 0.4) is 0 Å². The molecule has 202 valence electrons. The molecule has 0 fully saturated rings. The number of hydrogen-bond acceptors (Lipinski definition) is 6. The Labute approximate surface area is 227 Å². The second-order valence-corrected chi connectivity index (χ2v) is 9.87. The van der Waals surface area contributed by atoms with Crippen molar-refractivity contribution in [3.8, 4) is 5.75 Å². The number of carbonyl (C=O) groups is 3. The van der Waals surface area contributed by atoms with Gasteiger partial charge in [0.2, 0.25) is 0 Å². The Balaban J connectivity index is 1.51. The highest BCUT2D eigenvalue weighted by Crippen LogP contribution is 2.37. The van der Waals surface area contributed by atoms with E-state index in [0.717, 1.165) is 36.0 Å². The van der Waals surface area contributed by atoms with Crippen LogP contribution in [0.4, 0.5) is 24.5 Å². The van der Waals surface area contributed by atoms with Gasteiger partial charge in [-0.25, -0.2) is 0 Å². The first-order chi connectivity index (χ1) is 18.5. The molecule has 0 saturated carbocycles. The second-order valence-electron chi connectivity index (χ2n) is 8.79. The molecule has 3 amide bonds. The Bertz CT molecular complexity index is 1420. The van der Waals surface area contributed by atoms with Crippen molar-refractivity contribution >= 4 is 40.9 Å². The third-order valence-electron chi connectivity index (χ3n) is 5.76. The van der Waals surface area contributed by atoms with Crippen molar-refractivity contribution in [2.75, 3.05) is 17.7 Å². The van der Waals surface area contributed by atoms with Crippen LogP contribution < -0.4 is 15.4 Å². The van der Waals surface area contributed by atoms with Gasteiger partial charge in [-0.2, -0.15) is 13.2 Å². The number of rotatable bonds is 8. The van der Waals surface area contributed by atoms with Crippen LogP contribution in [0.15, 0.2) is 88.3 Å². The quantitative estimate of drug-likeness (QED) is 0.324. The van der Waals surface area contributed by atoms with Gasteiger partial charge in [-0.1, -0.05) is 11.8 Å². The maximum atomic E-state index is 13.2. The lowest BCUT2D eigenvalue weighted by Crippen LogP contribution is -2.38. The molecule has 0 bridgehead atoms. The highest BCUT2D eigenvalue weighted by molar-refractivity contribution is 8.04. The topological polar surface area (TPSA) is 87.7 Å². The lowest BCUT2D eigenvalue weighted by molar-refractivity contribution is -0.139. The van der Waals surface area contributed by atoms with E-state index in [1.807, 2.05) is 0 Å². The normalized spacial score (nSPS) is 13.8.